The third-order valence-electron chi connectivity index (χ3n) is 7.95. The molecular formula is C25H27Cl2FN4O5. The number of aliphatic hydroxyl groups is 1. The minimum absolute atomic E-state index is 0.0797. The highest BCUT2D eigenvalue weighted by Gasteiger charge is 2.50. The number of fused-ring (bicyclic) bond motifs is 2. The predicted octanol–water partition coefficient (Wildman–Crippen LogP) is 2.43. The Balaban J connectivity index is 1.41. The van der Waals surface area contributed by atoms with Crippen molar-refractivity contribution in [1.29, 1.82) is 0 Å². The maximum absolute atomic E-state index is 14.1. The summed E-state index contributed by atoms with van der Waals surface area (Å²) in [4.78, 5) is 56.1. The number of rotatable bonds is 7. The van der Waals surface area contributed by atoms with E-state index in [1.807, 2.05) is 0 Å². The molecule has 1 aromatic carbocycles. The minimum atomic E-state index is -1.04. The first-order valence-electron chi connectivity index (χ1n) is 12.4. The number of nitrogens with zero attached hydrogens (tertiary/aromatic N) is 1. The maximum Gasteiger partial charge on any atom is 0.271 e. The van der Waals surface area contributed by atoms with Crippen LogP contribution >= 0.6 is 23.2 Å². The molecule has 12 heteroatoms. The Morgan fingerprint density at radius 1 is 1.22 bits per heavy atom. The van der Waals surface area contributed by atoms with Crippen molar-refractivity contribution in [3.8, 4) is 0 Å². The average molecular weight is 553 g/mol. The Kier molecular flexibility index (Phi) is 7.17. The number of amides is 3. The summed E-state index contributed by atoms with van der Waals surface area (Å²) in [5.74, 6) is -2.85. The SMILES string of the molecule is O=C1NCC[C@H]1C[C@H](NC(=O)[C@@H]1[C@H]2CCC[C@H]2CN1C(=O)c1cc2c(Cl)cc(F)c(Cl)c2[nH]1)C(=O)CO. The van der Waals surface area contributed by atoms with Crippen molar-refractivity contribution in [3.05, 3.63) is 33.7 Å². The second-order valence-electron chi connectivity index (χ2n) is 10.1. The van der Waals surface area contributed by atoms with Gasteiger partial charge >= 0.3 is 0 Å². The van der Waals surface area contributed by atoms with Crippen LogP contribution in [0.5, 0.6) is 0 Å². The molecule has 3 heterocycles. The maximum atomic E-state index is 14.1. The molecule has 37 heavy (non-hydrogen) atoms. The molecule has 2 aliphatic heterocycles. The summed E-state index contributed by atoms with van der Waals surface area (Å²) in [6, 6.07) is 0.691. The number of aliphatic hydroxyl groups excluding tert-OH is 1. The van der Waals surface area contributed by atoms with Crippen molar-refractivity contribution in [2.45, 2.75) is 44.2 Å². The van der Waals surface area contributed by atoms with Crippen LogP contribution in [0.1, 0.15) is 42.6 Å². The van der Waals surface area contributed by atoms with Crippen LogP contribution in [-0.2, 0) is 14.4 Å². The third-order valence-corrected chi connectivity index (χ3v) is 8.63. The van der Waals surface area contributed by atoms with Gasteiger partial charge in [-0.15, -0.1) is 0 Å². The van der Waals surface area contributed by atoms with Crippen LogP contribution in [0.2, 0.25) is 10.0 Å². The Hall–Kier alpha value is -2.69. The van der Waals surface area contributed by atoms with Crippen LogP contribution < -0.4 is 10.6 Å². The molecule has 5 atom stereocenters. The third kappa shape index (κ3) is 4.70. The predicted molar refractivity (Wildman–Crippen MR) is 134 cm³/mol. The van der Waals surface area contributed by atoms with Gasteiger partial charge in [0.2, 0.25) is 11.8 Å². The van der Waals surface area contributed by atoms with Gasteiger partial charge in [0.1, 0.15) is 29.2 Å². The Labute approximate surface area is 222 Å². The summed E-state index contributed by atoms with van der Waals surface area (Å²) < 4.78 is 14.1. The quantitative estimate of drug-likeness (QED) is 0.392. The lowest BCUT2D eigenvalue weighted by Gasteiger charge is -2.29. The van der Waals surface area contributed by atoms with E-state index in [2.05, 4.69) is 15.6 Å². The number of nitrogens with one attached hydrogen (secondary N) is 3. The average Bonchev–Trinajstić information content (AvgIpc) is 3.65. The fourth-order valence-corrected chi connectivity index (χ4v) is 6.55. The van der Waals surface area contributed by atoms with Crippen LogP contribution in [0.4, 0.5) is 4.39 Å². The van der Waals surface area contributed by atoms with E-state index in [1.165, 1.54) is 11.0 Å². The molecule has 1 aromatic heterocycles. The van der Waals surface area contributed by atoms with E-state index in [1.54, 1.807) is 0 Å². The second-order valence-corrected chi connectivity index (χ2v) is 10.9. The van der Waals surface area contributed by atoms with Gasteiger partial charge in [0.25, 0.3) is 5.91 Å². The number of Topliss-reactive ketones (excluding diaryl/α,β-unsaturated/α-hetero) is 1. The summed E-state index contributed by atoms with van der Waals surface area (Å²) in [6.45, 7) is 0.0801. The molecular weight excluding hydrogens is 526 g/mol. The normalized spacial score (nSPS) is 25.8. The van der Waals surface area contributed by atoms with E-state index in [9.17, 15) is 28.7 Å². The van der Waals surface area contributed by atoms with E-state index in [0.29, 0.717) is 24.9 Å². The van der Waals surface area contributed by atoms with Crippen molar-refractivity contribution >= 4 is 57.6 Å². The van der Waals surface area contributed by atoms with Crippen LogP contribution in [-0.4, -0.2) is 70.3 Å². The fraction of sp³-hybridized carbons (Fsp3) is 0.520. The summed E-state index contributed by atoms with van der Waals surface area (Å²) in [6.07, 6.45) is 3.17. The van der Waals surface area contributed by atoms with Crippen LogP contribution in [0.25, 0.3) is 10.9 Å². The van der Waals surface area contributed by atoms with E-state index < -0.39 is 48.0 Å². The van der Waals surface area contributed by atoms with E-state index in [-0.39, 0.29) is 45.4 Å². The molecule has 4 N–H and O–H groups in total. The van der Waals surface area contributed by atoms with Crippen molar-refractivity contribution in [1.82, 2.24) is 20.5 Å². The van der Waals surface area contributed by atoms with Crippen LogP contribution in [0, 0.1) is 23.6 Å². The summed E-state index contributed by atoms with van der Waals surface area (Å²) in [5, 5.41) is 15.2. The number of H-pyrrole nitrogens is 1. The molecule has 3 amide bonds. The molecule has 2 aromatic rings. The number of hydrogen-bond acceptors (Lipinski definition) is 5. The number of aromatic amines is 1. The highest BCUT2D eigenvalue weighted by Crippen LogP contribution is 2.43. The van der Waals surface area contributed by atoms with Gasteiger partial charge in [0, 0.05) is 24.4 Å². The van der Waals surface area contributed by atoms with Gasteiger partial charge in [-0.2, -0.15) is 0 Å². The van der Waals surface area contributed by atoms with Gasteiger partial charge in [-0.1, -0.05) is 29.6 Å². The molecule has 0 unspecified atom stereocenters. The number of benzene rings is 1. The molecule has 5 rings (SSSR count). The molecule has 2 saturated heterocycles. The lowest BCUT2D eigenvalue weighted by molar-refractivity contribution is -0.133. The van der Waals surface area contributed by atoms with Gasteiger partial charge in [-0.3, -0.25) is 19.2 Å². The molecule has 3 aliphatic rings. The number of carbonyl (C=O) groups is 4. The summed E-state index contributed by atoms with van der Waals surface area (Å²) in [7, 11) is 0. The van der Waals surface area contributed by atoms with Crippen molar-refractivity contribution in [2.24, 2.45) is 17.8 Å². The van der Waals surface area contributed by atoms with Crippen molar-refractivity contribution in [3.63, 3.8) is 0 Å². The molecule has 1 aliphatic carbocycles. The lowest BCUT2D eigenvalue weighted by atomic mass is 9.92. The number of ketones is 1. The molecule has 0 spiro atoms. The van der Waals surface area contributed by atoms with Gasteiger partial charge < -0.3 is 25.6 Å². The molecule has 1 saturated carbocycles. The first-order chi connectivity index (χ1) is 17.7. The second kappa shape index (κ2) is 10.2. The van der Waals surface area contributed by atoms with Gasteiger partial charge in [-0.25, -0.2) is 4.39 Å². The Morgan fingerprint density at radius 3 is 2.70 bits per heavy atom. The highest BCUT2D eigenvalue weighted by molar-refractivity contribution is 6.40. The first-order valence-corrected chi connectivity index (χ1v) is 13.1. The van der Waals surface area contributed by atoms with Crippen LogP contribution in [0.15, 0.2) is 12.1 Å². The van der Waals surface area contributed by atoms with Crippen molar-refractivity contribution < 1.29 is 28.7 Å². The number of halogens is 3. The Bertz CT molecular complexity index is 1280. The minimum Gasteiger partial charge on any atom is -0.389 e. The zero-order valence-corrected chi connectivity index (χ0v) is 21.4. The molecule has 198 valence electrons. The fourth-order valence-electron chi connectivity index (χ4n) is 6.10. The number of aromatic nitrogens is 1. The smallest absolute Gasteiger partial charge is 0.271 e. The number of likely N-dealkylation sites (tertiary alicyclic amines) is 1. The zero-order chi connectivity index (χ0) is 26.4. The molecule has 3 fully saturated rings. The number of hydrogen-bond donors (Lipinski definition) is 4. The van der Waals surface area contributed by atoms with E-state index in [4.69, 9.17) is 23.2 Å². The van der Waals surface area contributed by atoms with Gasteiger partial charge in [0.05, 0.1) is 16.6 Å². The van der Waals surface area contributed by atoms with Gasteiger partial charge in [0.15, 0.2) is 5.78 Å². The van der Waals surface area contributed by atoms with E-state index >= 15 is 0 Å². The molecule has 0 bridgehead atoms. The lowest BCUT2D eigenvalue weighted by Crippen LogP contribution is -2.53. The zero-order valence-electron chi connectivity index (χ0n) is 19.9. The number of carbonyl (C=O) groups excluding carboxylic acids is 4. The summed E-state index contributed by atoms with van der Waals surface area (Å²) >= 11 is 12.2. The van der Waals surface area contributed by atoms with Gasteiger partial charge in [-0.05, 0) is 49.7 Å². The molecule has 9 nitrogen and oxygen atoms in total. The topological polar surface area (TPSA) is 132 Å². The van der Waals surface area contributed by atoms with E-state index in [0.717, 1.165) is 25.3 Å². The highest BCUT2D eigenvalue weighted by atomic mass is 35.5. The van der Waals surface area contributed by atoms with Crippen molar-refractivity contribution in [2.75, 3.05) is 19.7 Å². The first kappa shape index (κ1) is 25.9. The Morgan fingerprint density at radius 2 is 2.00 bits per heavy atom. The standard InChI is InChI=1S/C25H27Cl2FN4O5/c26-15-8-16(28)20(27)21-14(15)7-18(30-21)25(37)32-9-12-2-1-3-13(12)22(32)24(36)31-17(19(34)10-33)6-11-4-5-29-23(11)35/h7-8,11-13,17,22,30,33H,1-6,9-10H2,(H,29,35)(H,31,36)/t11-,12-,13-,17-,22-/m0/s1. The monoisotopic (exact) mass is 552 g/mol. The largest absolute Gasteiger partial charge is 0.389 e. The summed E-state index contributed by atoms with van der Waals surface area (Å²) in [5.41, 5.74) is 0.312. The van der Waals surface area contributed by atoms with Crippen LogP contribution in [0.3, 0.4) is 0 Å². The molecule has 0 radical (unpaired) electrons.